The molecule has 0 heterocycles. The molecule has 0 aliphatic carbocycles. The van der Waals surface area contributed by atoms with E-state index < -0.39 is 0 Å². The standard InChI is InChI=1S/C8H17ClO/c1-3-5-10-7-8(4-2)6-9/h8H,3-7H2,1-2H3. The normalized spacial score (nSPS) is 13.5. The second-order valence-corrected chi connectivity index (χ2v) is 2.81. The SMILES string of the molecule is CCCOCC(CC)CCl. The number of ether oxygens (including phenoxy) is 1. The second kappa shape index (κ2) is 7.36. The van der Waals surface area contributed by atoms with Crippen molar-refractivity contribution in [1.29, 1.82) is 0 Å². The third-order valence-corrected chi connectivity index (χ3v) is 1.93. The number of alkyl halides is 1. The predicted molar refractivity (Wildman–Crippen MR) is 45.6 cm³/mol. The molecule has 1 unspecified atom stereocenters. The zero-order valence-electron chi connectivity index (χ0n) is 6.90. The number of rotatable bonds is 6. The molecule has 0 saturated heterocycles. The molecule has 0 N–H and O–H groups in total. The van der Waals surface area contributed by atoms with E-state index in [0.717, 1.165) is 31.9 Å². The van der Waals surface area contributed by atoms with Crippen molar-refractivity contribution in [2.45, 2.75) is 26.7 Å². The molecule has 10 heavy (non-hydrogen) atoms. The summed E-state index contributed by atoms with van der Waals surface area (Å²) in [5.41, 5.74) is 0. The van der Waals surface area contributed by atoms with Gasteiger partial charge in [0, 0.05) is 12.5 Å². The van der Waals surface area contributed by atoms with Crippen molar-refractivity contribution in [3.05, 3.63) is 0 Å². The van der Waals surface area contributed by atoms with E-state index >= 15 is 0 Å². The summed E-state index contributed by atoms with van der Waals surface area (Å²) in [5.74, 6) is 1.27. The van der Waals surface area contributed by atoms with Gasteiger partial charge in [0.1, 0.15) is 0 Å². The van der Waals surface area contributed by atoms with E-state index in [1.165, 1.54) is 0 Å². The lowest BCUT2D eigenvalue weighted by atomic mass is 10.1. The van der Waals surface area contributed by atoms with Gasteiger partial charge in [-0.3, -0.25) is 0 Å². The molecular formula is C8H17ClO. The Morgan fingerprint density at radius 1 is 1.40 bits per heavy atom. The van der Waals surface area contributed by atoms with Gasteiger partial charge < -0.3 is 4.74 Å². The van der Waals surface area contributed by atoms with Gasteiger partial charge in [-0.25, -0.2) is 0 Å². The maximum atomic E-state index is 5.67. The summed E-state index contributed by atoms with van der Waals surface area (Å²) < 4.78 is 5.34. The van der Waals surface area contributed by atoms with Crippen molar-refractivity contribution in [2.75, 3.05) is 19.1 Å². The maximum Gasteiger partial charge on any atom is 0.0505 e. The lowest BCUT2D eigenvalue weighted by Crippen LogP contribution is -2.10. The van der Waals surface area contributed by atoms with Crippen LogP contribution in [0, 0.1) is 5.92 Å². The van der Waals surface area contributed by atoms with Crippen LogP contribution < -0.4 is 0 Å². The van der Waals surface area contributed by atoms with Gasteiger partial charge in [0.25, 0.3) is 0 Å². The van der Waals surface area contributed by atoms with Gasteiger partial charge in [0.2, 0.25) is 0 Å². The molecule has 62 valence electrons. The molecule has 2 heteroatoms. The van der Waals surface area contributed by atoms with Crippen LogP contribution in [0.4, 0.5) is 0 Å². The summed E-state index contributed by atoms with van der Waals surface area (Å²) >= 11 is 5.67. The largest absolute Gasteiger partial charge is 0.381 e. The summed E-state index contributed by atoms with van der Waals surface area (Å²) in [6.07, 6.45) is 2.21. The molecular weight excluding hydrogens is 148 g/mol. The predicted octanol–water partition coefficient (Wildman–Crippen LogP) is 2.68. The van der Waals surface area contributed by atoms with E-state index in [9.17, 15) is 0 Å². The van der Waals surface area contributed by atoms with Gasteiger partial charge in [0.15, 0.2) is 0 Å². The van der Waals surface area contributed by atoms with E-state index in [2.05, 4.69) is 13.8 Å². The van der Waals surface area contributed by atoms with E-state index in [0.29, 0.717) is 5.92 Å². The van der Waals surface area contributed by atoms with Crippen LogP contribution in [0.2, 0.25) is 0 Å². The first-order chi connectivity index (χ1) is 4.85. The minimum atomic E-state index is 0.549. The fourth-order valence-electron chi connectivity index (χ4n) is 0.666. The third kappa shape index (κ3) is 5.07. The Hall–Kier alpha value is 0.250. The molecule has 0 spiro atoms. The first-order valence-electron chi connectivity index (χ1n) is 3.98. The van der Waals surface area contributed by atoms with Gasteiger partial charge in [-0.15, -0.1) is 11.6 Å². The first-order valence-corrected chi connectivity index (χ1v) is 4.52. The van der Waals surface area contributed by atoms with E-state index in [4.69, 9.17) is 16.3 Å². The Morgan fingerprint density at radius 3 is 2.50 bits per heavy atom. The average Bonchev–Trinajstić information content (AvgIpc) is 1.99. The lowest BCUT2D eigenvalue weighted by Gasteiger charge is -2.10. The van der Waals surface area contributed by atoms with Crippen LogP contribution in [-0.4, -0.2) is 19.1 Å². The molecule has 0 amide bonds. The van der Waals surface area contributed by atoms with Crippen LogP contribution in [-0.2, 0) is 4.74 Å². The third-order valence-electron chi connectivity index (χ3n) is 1.50. The highest BCUT2D eigenvalue weighted by Gasteiger charge is 2.02. The fraction of sp³-hybridized carbons (Fsp3) is 1.00. The van der Waals surface area contributed by atoms with Crippen molar-refractivity contribution in [3.8, 4) is 0 Å². The fourth-order valence-corrected chi connectivity index (χ4v) is 0.973. The zero-order valence-corrected chi connectivity index (χ0v) is 7.66. The van der Waals surface area contributed by atoms with Crippen molar-refractivity contribution in [2.24, 2.45) is 5.92 Å². The van der Waals surface area contributed by atoms with Crippen molar-refractivity contribution in [3.63, 3.8) is 0 Å². The van der Waals surface area contributed by atoms with Crippen LogP contribution in [0.3, 0.4) is 0 Å². The molecule has 0 radical (unpaired) electrons. The molecule has 0 aliphatic heterocycles. The summed E-state index contributed by atoms with van der Waals surface area (Å²) in [5, 5.41) is 0. The van der Waals surface area contributed by atoms with Crippen LogP contribution >= 0.6 is 11.6 Å². The minimum Gasteiger partial charge on any atom is -0.381 e. The van der Waals surface area contributed by atoms with Crippen molar-refractivity contribution in [1.82, 2.24) is 0 Å². The summed E-state index contributed by atoms with van der Waals surface area (Å²) in [4.78, 5) is 0. The first kappa shape index (κ1) is 10.2. The molecule has 0 aromatic heterocycles. The molecule has 0 aromatic carbocycles. The van der Waals surface area contributed by atoms with Crippen LogP contribution in [0.5, 0.6) is 0 Å². The van der Waals surface area contributed by atoms with E-state index in [1.807, 2.05) is 0 Å². The molecule has 0 aliphatic rings. The van der Waals surface area contributed by atoms with Gasteiger partial charge in [-0.2, -0.15) is 0 Å². The van der Waals surface area contributed by atoms with Crippen molar-refractivity contribution < 1.29 is 4.74 Å². The highest BCUT2D eigenvalue weighted by molar-refractivity contribution is 6.18. The minimum absolute atomic E-state index is 0.549. The quantitative estimate of drug-likeness (QED) is 0.433. The Labute approximate surface area is 68.7 Å². The van der Waals surface area contributed by atoms with Crippen molar-refractivity contribution >= 4 is 11.6 Å². The Bertz CT molecular complexity index is 62.3. The zero-order chi connectivity index (χ0) is 7.82. The lowest BCUT2D eigenvalue weighted by molar-refractivity contribution is 0.105. The molecule has 0 rings (SSSR count). The maximum absolute atomic E-state index is 5.67. The van der Waals surface area contributed by atoms with Crippen LogP contribution in [0.15, 0.2) is 0 Å². The molecule has 0 bridgehead atoms. The Morgan fingerprint density at radius 2 is 2.10 bits per heavy atom. The summed E-state index contributed by atoms with van der Waals surface area (Å²) in [6, 6.07) is 0. The molecule has 0 fully saturated rings. The topological polar surface area (TPSA) is 9.23 Å². The molecule has 0 aromatic rings. The molecule has 1 nitrogen and oxygen atoms in total. The highest BCUT2D eigenvalue weighted by atomic mass is 35.5. The smallest absolute Gasteiger partial charge is 0.0505 e. The van der Waals surface area contributed by atoms with Gasteiger partial charge >= 0.3 is 0 Å². The molecule has 0 saturated carbocycles. The van der Waals surface area contributed by atoms with Gasteiger partial charge in [-0.1, -0.05) is 13.8 Å². The van der Waals surface area contributed by atoms with Crippen LogP contribution in [0.1, 0.15) is 26.7 Å². The number of hydrogen-bond acceptors (Lipinski definition) is 1. The van der Waals surface area contributed by atoms with Gasteiger partial charge in [-0.05, 0) is 18.8 Å². The van der Waals surface area contributed by atoms with E-state index in [-0.39, 0.29) is 0 Å². The van der Waals surface area contributed by atoms with E-state index in [1.54, 1.807) is 0 Å². The Kier molecular flexibility index (Phi) is 7.54. The highest BCUT2D eigenvalue weighted by Crippen LogP contribution is 2.05. The van der Waals surface area contributed by atoms with Crippen LogP contribution in [0.25, 0.3) is 0 Å². The second-order valence-electron chi connectivity index (χ2n) is 2.50. The molecule has 1 atom stereocenters. The summed E-state index contributed by atoms with van der Waals surface area (Å²) in [6.45, 7) is 5.95. The summed E-state index contributed by atoms with van der Waals surface area (Å²) in [7, 11) is 0. The number of halogens is 1. The Balaban J connectivity index is 3.09. The monoisotopic (exact) mass is 164 g/mol. The number of hydrogen-bond donors (Lipinski definition) is 0. The van der Waals surface area contributed by atoms with Gasteiger partial charge in [0.05, 0.1) is 6.61 Å². The average molecular weight is 165 g/mol.